The van der Waals surface area contributed by atoms with Crippen LogP contribution in [0.25, 0.3) is 0 Å². The highest BCUT2D eigenvalue weighted by Gasteiger charge is 2.15. The monoisotopic (exact) mass is 369 g/mol. The largest absolute Gasteiger partial charge is 0.321 e. The van der Waals surface area contributed by atoms with E-state index >= 15 is 0 Å². The smallest absolute Gasteiger partial charge is 0.275 e. The molecule has 98 valence electrons. The van der Waals surface area contributed by atoms with Crippen molar-refractivity contribution in [2.24, 2.45) is 7.05 Å². The molecular formula is C13H12IN3O2. The molecule has 5 nitrogen and oxygen atoms in total. The highest BCUT2D eigenvalue weighted by molar-refractivity contribution is 14.1. The average molecular weight is 369 g/mol. The second-order valence-corrected chi connectivity index (χ2v) is 5.21. The second-order valence-electron chi connectivity index (χ2n) is 4.05. The number of nitrogens with one attached hydrogen (secondary N) is 1. The first kappa shape index (κ1) is 13.7. The lowest BCUT2D eigenvalue weighted by molar-refractivity contribution is 0.101. The lowest BCUT2D eigenvalue weighted by Gasteiger charge is -2.06. The van der Waals surface area contributed by atoms with Crippen molar-refractivity contribution in [3.05, 3.63) is 45.3 Å². The van der Waals surface area contributed by atoms with Crippen LogP contribution in [0.2, 0.25) is 0 Å². The van der Waals surface area contributed by atoms with Crippen LogP contribution in [0.4, 0.5) is 5.69 Å². The molecule has 0 aliphatic heterocycles. The van der Waals surface area contributed by atoms with E-state index in [0.29, 0.717) is 16.9 Å². The zero-order valence-electron chi connectivity index (χ0n) is 10.5. The summed E-state index contributed by atoms with van der Waals surface area (Å²) in [5.41, 5.74) is 1.77. The van der Waals surface area contributed by atoms with E-state index in [9.17, 15) is 9.59 Å². The first-order valence-electron chi connectivity index (χ1n) is 5.59. The zero-order valence-corrected chi connectivity index (χ0v) is 12.6. The molecule has 1 amide bonds. The number of halogens is 1. The molecule has 0 saturated heterocycles. The van der Waals surface area contributed by atoms with Gasteiger partial charge in [-0.1, -0.05) is 0 Å². The van der Waals surface area contributed by atoms with Gasteiger partial charge in [0.1, 0.15) is 5.69 Å². The quantitative estimate of drug-likeness (QED) is 0.668. The number of ketones is 1. The molecule has 2 aromatic rings. The van der Waals surface area contributed by atoms with Crippen molar-refractivity contribution in [2.75, 3.05) is 5.32 Å². The maximum atomic E-state index is 12.1. The number of anilines is 1. The summed E-state index contributed by atoms with van der Waals surface area (Å²) < 4.78 is 2.32. The Bertz CT molecular complexity index is 612. The maximum absolute atomic E-state index is 12.1. The van der Waals surface area contributed by atoms with E-state index in [1.807, 2.05) is 0 Å². The fourth-order valence-electron chi connectivity index (χ4n) is 1.64. The SMILES string of the molecule is CC(=O)c1ccc(NC(=O)c2c(I)cnn2C)cc1. The van der Waals surface area contributed by atoms with Gasteiger partial charge in [-0.15, -0.1) is 0 Å². The number of hydrogen-bond donors (Lipinski definition) is 1. The predicted molar refractivity (Wildman–Crippen MR) is 80.3 cm³/mol. The highest BCUT2D eigenvalue weighted by atomic mass is 127. The fraction of sp³-hybridized carbons (Fsp3) is 0.154. The van der Waals surface area contributed by atoms with E-state index in [0.717, 1.165) is 3.57 Å². The molecule has 1 heterocycles. The van der Waals surface area contributed by atoms with Crippen LogP contribution < -0.4 is 5.32 Å². The molecule has 0 saturated carbocycles. The Hall–Kier alpha value is -1.70. The van der Waals surface area contributed by atoms with Gasteiger partial charge in [-0.3, -0.25) is 14.3 Å². The number of rotatable bonds is 3. The molecule has 19 heavy (non-hydrogen) atoms. The summed E-state index contributed by atoms with van der Waals surface area (Å²) in [6.45, 7) is 1.51. The number of aromatic nitrogens is 2. The third-order valence-electron chi connectivity index (χ3n) is 2.66. The van der Waals surface area contributed by atoms with Crippen LogP contribution in [0, 0.1) is 3.57 Å². The fourth-order valence-corrected chi connectivity index (χ4v) is 2.36. The van der Waals surface area contributed by atoms with Crippen molar-refractivity contribution in [1.82, 2.24) is 9.78 Å². The van der Waals surface area contributed by atoms with Crippen LogP contribution in [0.3, 0.4) is 0 Å². The number of benzene rings is 1. The molecule has 0 atom stereocenters. The maximum Gasteiger partial charge on any atom is 0.275 e. The Morgan fingerprint density at radius 2 is 1.89 bits per heavy atom. The molecule has 1 aromatic heterocycles. The van der Waals surface area contributed by atoms with Gasteiger partial charge in [-0.25, -0.2) is 0 Å². The van der Waals surface area contributed by atoms with Gasteiger partial charge in [0.15, 0.2) is 5.78 Å². The molecule has 0 unspecified atom stereocenters. The zero-order chi connectivity index (χ0) is 14.0. The lowest BCUT2D eigenvalue weighted by Crippen LogP contribution is -2.17. The number of amides is 1. The standard InChI is InChI=1S/C13H12IN3O2/c1-8(18)9-3-5-10(6-4-9)16-13(19)12-11(14)7-15-17(12)2/h3-7H,1-2H3,(H,16,19). The Kier molecular flexibility index (Phi) is 3.98. The number of hydrogen-bond acceptors (Lipinski definition) is 3. The Morgan fingerprint density at radius 1 is 1.26 bits per heavy atom. The third kappa shape index (κ3) is 3.01. The minimum atomic E-state index is -0.222. The van der Waals surface area contributed by atoms with Crippen molar-refractivity contribution in [1.29, 1.82) is 0 Å². The molecule has 0 spiro atoms. The molecule has 2 rings (SSSR count). The van der Waals surface area contributed by atoms with Gasteiger partial charge in [0.2, 0.25) is 0 Å². The minimum absolute atomic E-state index is 0.000871. The van der Waals surface area contributed by atoms with E-state index in [1.54, 1.807) is 37.5 Å². The van der Waals surface area contributed by atoms with Gasteiger partial charge in [0.25, 0.3) is 5.91 Å². The Morgan fingerprint density at radius 3 is 2.37 bits per heavy atom. The van der Waals surface area contributed by atoms with Crippen molar-refractivity contribution in [2.45, 2.75) is 6.92 Å². The van der Waals surface area contributed by atoms with Crippen molar-refractivity contribution in [3.63, 3.8) is 0 Å². The Balaban J connectivity index is 2.17. The summed E-state index contributed by atoms with van der Waals surface area (Å²) in [6.07, 6.45) is 1.63. The summed E-state index contributed by atoms with van der Waals surface area (Å²) in [4.78, 5) is 23.2. The van der Waals surface area contributed by atoms with Crippen LogP contribution >= 0.6 is 22.6 Å². The van der Waals surface area contributed by atoms with E-state index in [4.69, 9.17) is 0 Å². The van der Waals surface area contributed by atoms with Crippen molar-refractivity contribution in [3.8, 4) is 0 Å². The van der Waals surface area contributed by atoms with E-state index in [1.165, 1.54) is 11.6 Å². The third-order valence-corrected chi connectivity index (χ3v) is 3.45. The minimum Gasteiger partial charge on any atom is -0.321 e. The normalized spacial score (nSPS) is 10.3. The number of nitrogens with zero attached hydrogens (tertiary/aromatic N) is 2. The highest BCUT2D eigenvalue weighted by Crippen LogP contribution is 2.15. The molecule has 0 aliphatic carbocycles. The van der Waals surface area contributed by atoms with Gasteiger partial charge in [0, 0.05) is 18.3 Å². The summed E-state index contributed by atoms with van der Waals surface area (Å²) in [6, 6.07) is 6.79. The number of aryl methyl sites for hydroxylation is 1. The Labute approximate surface area is 124 Å². The molecular weight excluding hydrogens is 357 g/mol. The first-order chi connectivity index (χ1) is 8.99. The van der Waals surface area contributed by atoms with E-state index < -0.39 is 0 Å². The topological polar surface area (TPSA) is 64.0 Å². The molecule has 0 fully saturated rings. The number of carbonyl (C=O) groups excluding carboxylic acids is 2. The van der Waals surface area contributed by atoms with Gasteiger partial charge < -0.3 is 5.32 Å². The van der Waals surface area contributed by atoms with Gasteiger partial charge in [0.05, 0.1) is 9.77 Å². The molecule has 0 bridgehead atoms. The molecule has 6 heteroatoms. The van der Waals surface area contributed by atoms with Gasteiger partial charge >= 0.3 is 0 Å². The molecule has 1 aromatic carbocycles. The second kappa shape index (κ2) is 5.52. The molecule has 0 aliphatic rings. The number of carbonyl (C=O) groups is 2. The predicted octanol–water partition coefficient (Wildman–Crippen LogP) is 2.48. The summed E-state index contributed by atoms with van der Waals surface area (Å²) >= 11 is 2.06. The van der Waals surface area contributed by atoms with E-state index in [-0.39, 0.29) is 11.7 Å². The van der Waals surface area contributed by atoms with Crippen LogP contribution in [-0.2, 0) is 7.05 Å². The summed E-state index contributed by atoms with van der Waals surface area (Å²) in [5, 5.41) is 6.80. The number of Topliss-reactive ketones (excluding diaryl/α,β-unsaturated/α-hetero) is 1. The summed E-state index contributed by atoms with van der Waals surface area (Å²) in [7, 11) is 1.72. The van der Waals surface area contributed by atoms with E-state index in [2.05, 4.69) is 33.0 Å². The molecule has 0 radical (unpaired) electrons. The summed E-state index contributed by atoms with van der Waals surface area (Å²) in [5.74, 6) is -0.223. The first-order valence-corrected chi connectivity index (χ1v) is 6.67. The van der Waals surface area contributed by atoms with Crippen LogP contribution in [0.15, 0.2) is 30.5 Å². The molecule has 1 N–H and O–H groups in total. The average Bonchev–Trinajstić information content (AvgIpc) is 2.69. The van der Waals surface area contributed by atoms with Crippen molar-refractivity contribution >= 4 is 40.0 Å². The van der Waals surface area contributed by atoms with Gasteiger partial charge in [-0.05, 0) is 53.8 Å². The van der Waals surface area contributed by atoms with Gasteiger partial charge in [-0.2, -0.15) is 5.10 Å². The van der Waals surface area contributed by atoms with Crippen LogP contribution in [-0.4, -0.2) is 21.5 Å². The van der Waals surface area contributed by atoms with Crippen molar-refractivity contribution < 1.29 is 9.59 Å². The van der Waals surface area contributed by atoms with Crippen LogP contribution in [0.5, 0.6) is 0 Å². The van der Waals surface area contributed by atoms with Crippen LogP contribution in [0.1, 0.15) is 27.8 Å². The lowest BCUT2D eigenvalue weighted by atomic mass is 10.1.